The zero-order valence-electron chi connectivity index (χ0n) is 40.7. The molecule has 0 saturated heterocycles. The maximum Gasteiger partial charge on any atom is 0.306 e. The van der Waals surface area contributed by atoms with E-state index in [9.17, 15) is 19.8 Å². The molecule has 0 radical (unpaired) electrons. The monoisotopic (exact) mass is 866 g/mol. The van der Waals surface area contributed by atoms with E-state index < -0.39 is 18.2 Å². The molecule has 62 heavy (non-hydrogen) atoms. The van der Waals surface area contributed by atoms with Crippen molar-refractivity contribution in [2.45, 2.75) is 264 Å². The highest BCUT2D eigenvalue weighted by molar-refractivity contribution is 5.77. The first-order valence-corrected chi connectivity index (χ1v) is 26.2. The fourth-order valence-electron chi connectivity index (χ4n) is 7.50. The first-order valence-electron chi connectivity index (χ1n) is 26.2. The minimum Gasteiger partial charge on any atom is -0.461 e. The molecule has 0 rings (SSSR count). The summed E-state index contributed by atoms with van der Waals surface area (Å²) in [7, 11) is 0. The zero-order chi connectivity index (χ0) is 45.2. The molecule has 0 aromatic carbocycles. The summed E-state index contributed by atoms with van der Waals surface area (Å²) < 4.78 is 5.87. The fourth-order valence-corrected chi connectivity index (χ4v) is 7.50. The van der Waals surface area contributed by atoms with E-state index in [4.69, 9.17) is 4.74 Å². The molecule has 0 aromatic rings. The average molecular weight is 866 g/mol. The van der Waals surface area contributed by atoms with E-state index in [0.717, 1.165) is 70.6 Å². The second kappa shape index (κ2) is 49.3. The van der Waals surface area contributed by atoms with Gasteiger partial charge >= 0.3 is 5.97 Å². The van der Waals surface area contributed by atoms with Gasteiger partial charge in [-0.1, -0.05) is 222 Å². The minimum absolute atomic E-state index is 0.00361. The Morgan fingerprint density at radius 2 is 0.855 bits per heavy atom. The smallest absolute Gasteiger partial charge is 0.306 e. The third-order valence-corrected chi connectivity index (χ3v) is 11.5. The van der Waals surface area contributed by atoms with Crippen molar-refractivity contribution < 1.29 is 24.5 Å². The van der Waals surface area contributed by atoms with Gasteiger partial charge in [0, 0.05) is 12.8 Å². The van der Waals surface area contributed by atoms with Gasteiger partial charge in [0.2, 0.25) is 5.91 Å². The highest BCUT2D eigenvalue weighted by atomic mass is 16.5. The van der Waals surface area contributed by atoms with E-state index in [0.29, 0.717) is 19.3 Å². The number of aliphatic hydroxyl groups is 2. The molecular weight excluding hydrogens is 767 g/mol. The molecule has 3 atom stereocenters. The summed E-state index contributed by atoms with van der Waals surface area (Å²) in [5, 5.41) is 23.7. The molecule has 6 nitrogen and oxygen atoms in total. The molecule has 3 unspecified atom stereocenters. The van der Waals surface area contributed by atoms with Gasteiger partial charge < -0.3 is 20.3 Å². The molecule has 0 aromatic heterocycles. The number of unbranched alkanes of at least 4 members (excludes halogenated alkanes) is 23. The maximum absolute atomic E-state index is 13.2. The van der Waals surface area contributed by atoms with E-state index in [1.807, 2.05) is 6.08 Å². The Hall–Kier alpha value is -2.70. The number of aliphatic hydroxyl groups excluding tert-OH is 2. The van der Waals surface area contributed by atoms with Crippen LogP contribution in [0.2, 0.25) is 0 Å². The van der Waals surface area contributed by atoms with Crippen LogP contribution in [0.4, 0.5) is 0 Å². The molecule has 0 bridgehead atoms. The normalized spacial score (nSPS) is 13.8. The van der Waals surface area contributed by atoms with Crippen LogP contribution in [0.25, 0.3) is 0 Å². The number of carbonyl (C=O) groups is 2. The van der Waals surface area contributed by atoms with Gasteiger partial charge in [0.05, 0.1) is 25.2 Å². The first-order chi connectivity index (χ1) is 30.5. The second-order valence-corrected chi connectivity index (χ2v) is 17.6. The number of rotatable bonds is 46. The van der Waals surface area contributed by atoms with Crippen molar-refractivity contribution in [3.8, 4) is 0 Å². The Bertz CT molecular complexity index is 1150. The molecule has 0 aliphatic heterocycles. The number of amides is 1. The van der Waals surface area contributed by atoms with Crippen LogP contribution >= 0.6 is 0 Å². The van der Waals surface area contributed by atoms with Crippen molar-refractivity contribution in [1.82, 2.24) is 5.32 Å². The predicted molar refractivity (Wildman–Crippen MR) is 268 cm³/mol. The quantitative estimate of drug-likeness (QED) is 0.0322. The SMILES string of the molecule is CCCCC/C=C\C/C=C\C/C=C\C/C=C\CC(CC(=O)NC(CO)C(O)CCCCCCCCCCCCC)OC(=O)CCCCCCCCC/C=C\C/C=C\CCCCC. The van der Waals surface area contributed by atoms with Gasteiger partial charge in [-0.25, -0.2) is 0 Å². The highest BCUT2D eigenvalue weighted by Crippen LogP contribution is 2.16. The number of allylic oxidation sites excluding steroid dienone is 11. The van der Waals surface area contributed by atoms with Crippen LogP contribution in [-0.2, 0) is 14.3 Å². The number of hydrogen-bond acceptors (Lipinski definition) is 5. The van der Waals surface area contributed by atoms with E-state index in [2.05, 4.69) is 92.9 Å². The lowest BCUT2D eigenvalue weighted by Gasteiger charge is -2.24. The number of ether oxygens (including phenoxy) is 1. The molecule has 0 fully saturated rings. The van der Waals surface area contributed by atoms with Crippen molar-refractivity contribution >= 4 is 11.9 Å². The van der Waals surface area contributed by atoms with Crippen molar-refractivity contribution in [2.24, 2.45) is 0 Å². The molecule has 0 aliphatic rings. The second-order valence-electron chi connectivity index (χ2n) is 17.6. The lowest BCUT2D eigenvalue weighted by Crippen LogP contribution is -2.46. The zero-order valence-corrected chi connectivity index (χ0v) is 40.7. The molecule has 358 valence electrons. The van der Waals surface area contributed by atoms with E-state index in [-0.39, 0.29) is 24.9 Å². The Balaban J connectivity index is 4.72. The summed E-state index contributed by atoms with van der Waals surface area (Å²) >= 11 is 0. The summed E-state index contributed by atoms with van der Waals surface area (Å²) in [5.74, 6) is -0.586. The van der Waals surface area contributed by atoms with Gasteiger partial charge in [-0.15, -0.1) is 0 Å². The van der Waals surface area contributed by atoms with Crippen LogP contribution in [0.1, 0.15) is 245 Å². The number of nitrogens with one attached hydrogen (secondary N) is 1. The van der Waals surface area contributed by atoms with Gasteiger partial charge in [0.15, 0.2) is 0 Å². The summed E-state index contributed by atoms with van der Waals surface area (Å²) in [5.41, 5.74) is 0. The van der Waals surface area contributed by atoms with E-state index in [1.165, 1.54) is 128 Å². The molecule has 0 spiro atoms. The van der Waals surface area contributed by atoms with E-state index >= 15 is 0 Å². The molecule has 0 heterocycles. The molecule has 0 aliphatic carbocycles. The topological polar surface area (TPSA) is 95.9 Å². The lowest BCUT2D eigenvalue weighted by atomic mass is 10.0. The van der Waals surface area contributed by atoms with Crippen LogP contribution in [0.15, 0.2) is 72.9 Å². The van der Waals surface area contributed by atoms with Crippen molar-refractivity contribution in [3.05, 3.63) is 72.9 Å². The van der Waals surface area contributed by atoms with Crippen LogP contribution in [-0.4, -0.2) is 46.9 Å². The third-order valence-electron chi connectivity index (χ3n) is 11.5. The van der Waals surface area contributed by atoms with Crippen LogP contribution in [0, 0.1) is 0 Å². The van der Waals surface area contributed by atoms with Gasteiger partial charge in [-0.05, 0) is 77.0 Å². The van der Waals surface area contributed by atoms with Gasteiger partial charge in [-0.2, -0.15) is 0 Å². The Labute approximate surface area is 383 Å². The summed E-state index contributed by atoms with van der Waals surface area (Å²) in [6, 6.07) is -0.734. The van der Waals surface area contributed by atoms with Crippen molar-refractivity contribution in [1.29, 1.82) is 0 Å². The minimum atomic E-state index is -0.814. The molecule has 6 heteroatoms. The summed E-state index contributed by atoms with van der Waals surface area (Å²) in [6.07, 6.45) is 62.6. The molecule has 0 saturated carbocycles. The summed E-state index contributed by atoms with van der Waals surface area (Å²) in [4.78, 5) is 26.1. The van der Waals surface area contributed by atoms with Crippen LogP contribution in [0.3, 0.4) is 0 Å². The largest absolute Gasteiger partial charge is 0.461 e. The average Bonchev–Trinajstić information content (AvgIpc) is 3.26. The molecular formula is C56H99NO5. The predicted octanol–water partition coefficient (Wildman–Crippen LogP) is 15.8. The van der Waals surface area contributed by atoms with Crippen molar-refractivity contribution in [3.63, 3.8) is 0 Å². The van der Waals surface area contributed by atoms with Gasteiger partial charge in [-0.3, -0.25) is 9.59 Å². The van der Waals surface area contributed by atoms with Crippen LogP contribution < -0.4 is 5.32 Å². The van der Waals surface area contributed by atoms with E-state index in [1.54, 1.807) is 0 Å². The molecule has 1 amide bonds. The molecule has 3 N–H and O–H groups in total. The maximum atomic E-state index is 13.2. The summed E-state index contributed by atoms with van der Waals surface area (Å²) in [6.45, 7) is 6.39. The Morgan fingerprint density at radius 3 is 1.32 bits per heavy atom. The van der Waals surface area contributed by atoms with Gasteiger partial charge in [0.1, 0.15) is 6.10 Å². The lowest BCUT2D eigenvalue weighted by molar-refractivity contribution is -0.150. The van der Waals surface area contributed by atoms with Gasteiger partial charge in [0.25, 0.3) is 0 Å². The van der Waals surface area contributed by atoms with Crippen molar-refractivity contribution in [2.75, 3.05) is 6.61 Å². The number of hydrogen-bond donors (Lipinski definition) is 3. The third kappa shape index (κ3) is 43.9. The number of esters is 1. The number of carbonyl (C=O) groups excluding carboxylic acids is 2. The Morgan fingerprint density at radius 1 is 0.484 bits per heavy atom. The standard InChI is InChI=1S/C56H99NO5/c1-4-7-10-13-16-19-22-24-26-27-29-31-34-37-40-43-46-49-56(61)62-52(47-44-41-38-35-33-30-28-25-23-20-17-14-11-8-5-2)50-55(60)57-53(51-58)54(59)48-45-42-39-36-32-21-18-15-12-9-6-3/h16-17,19-20,24-26,28,33,35,41,44,52-54,58-59H,4-15,18,21-23,27,29-32,34,36-40,42-43,45-51H2,1-3H3,(H,57,60)/b19-16-,20-17-,26-24-,28-25-,35-33-,44-41-. The highest BCUT2D eigenvalue weighted by Gasteiger charge is 2.23. The first kappa shape index (κ1) is 59.3. The fraction of sp³-hybridized carbons (Fsp3) is 0.750. The Kier molecular flexibility index (Phi) is 47.2. The van der Waals surface area contributed by atoms with Crippen LogP contribution in [0.5, 0.6) is 0 Å².